The molecule has 4 rings (SSSR count). The minimum atomic E-state index is 0.0780. The van der Waals surface area contributed by atoms with Crippen LogP contribution in [-0.4, -0.2) is 11.4 Å². The number of benzene rings is 2. The quantitative estimate of drug-likeness (QED) is 0.606. The van der Waals surface area contributed by atoms with Gasteiger partial charge in [-0.05, 0) is 54.8 Å². The van der Waals surface area contributed by atoms with E-state index in [0.717, 1.165) is 52.6 Å². The van der Waals surface area contributed by atoms with Gasteiger partial charge >= 0.3 is 0 Å². The standard InChI is InChI=1S/C24H23NO.CH2O/c1-3-20-16-19-11-8-14-22(18-10-7-9-17(2)15-18)23(19)24(26)25(20)21-12-5-4-6-13-21;1-2/h5,7-16H,3-4,6H2,1-2H3;1H2. The molecule has 0 radical (unpaired) electrons. The fourth-order valence-electron chi connectivity index (χ4n) is 3.78. The first-order valence-electron chi connectivity index (χ1n) is 9.59. The molecule has 28 heavy (non-hydrogen) atoms. The number of hydrogen-bond acceptors (Lipinski definition) is 2. The second-order valence-corrected chi connectivity index (χ2v) is 6.88. The van der Waals surface area contributed by atoms with E-state index in [1.165, 1.54) is 5.56 Å². The number of nitrogens with zero attached hydrogens (tertiary/aromatic N) is 1. The van der Waals surface area contributed by atoms with Crippen molar-refractivity contribution in [3.63, 3.8) is 0 Å². The first-order chi connectivity index (χ1) is 13.7. The van der Waals surface area contributed by atoms with Gasteiger partial charge in [-0.25, -0.2) is 0 Å². The van der Waals surface area contributed by atoms with E-state index < -0.39 is 0 Å². The summed E-state index contributed by atoms with van der Waals surface area (Å²) in [6, 6.07) is 16.7. The summed E-state index contributed by atoms with van der Waals surface area (Å²) in [6.45, 7) is 6.19. The van der Waals surface area contributed by atoms with E-state index in [-0.39, 0.29) is 5.56 Å². The number of allylic oxidation sites excluding steroid dienone is 4. The van der Waals surface area contributed by atoms with Gasteiger partial charge in [-0.1, -0.05) is 67.1 Å². The zero-order chi connectivity index (χ0) is 20.1. The lowest BCUT2D eigenvalue weighted by Crippen LogP contribution is -2.23. The van der Waals surface area contributed by atoms with Crippen LogP contribution < -0.4 is 5.56 Å². The fourth-order valence-corrected chi connectivity index (χ4v) is 3.78. The molecule has 0 atom stereocenters. The molecule has 3 heteroatoms. The van der Waals surface area contributed by atoms with Crippen molar-refractivity contribution in [3.8, 4) is 11.1 Å². The Bertz CT molecular complexity index is 1120. The molecule has 0 saturated carbocycles. The highest BCUT2D eigenvalue weighted by atomic mass is 16.1. The van der Waals surface area contributed by atoms with Crippen molar-refractivity contribution in [1.82, 2.24) is 4.57 Å². The molecule has 0 spiro atoms. The summed E-state index contributed by atoms with van der Waals surface area (Å²) in [4.78, 5) is 21.6. The van der Waals surface area contributed by atoms with Crippen molar-refractivity contribution in [1.29, 1.82) is 0 Å². The maximum absolute atomic E-state index is 13.6. The molecule has 1 heterocycles. The number of rotatable bonds is 3. The minimum absolute atomic E-state index is 0.0780. The number of carbonyl (C=O) groups is 1. The van der Waals surface area contributed by atoms with Crippen molar-refractivity contribution >= 4 is 23.3 Å². The number of fused-ring (bicyclic) bond motifs is 1. The van der Waals surface area contributed by atoms with Crippen LogP contribution in [0.15, 0.2) is 71.6 Å². The monoisotopic (exact) mass is 371 g/mol. The Balaban J connectivity index is 0.00000109. The molecule has 0 saturated heterocycles. The Kier molecular flexibility index (Phi) is 6.05. The number of aryl methyl sites for hydroxylation is 2. The highest BCUT2D eigenvalue weighted by Crippen LogP contribution is 2.29. The van der Waals surface area contributed by atoms with Crippen molar-refractivity contribution in [3.05, 3.63) is 88.4 Å². The summed E-state index contributed by atoms with van der Waals surface area (Å²) in [6.07, 6.45) is 9.25. The van der Waals surface area contributed by atoms with Gasteiger partial charge in [0.05, 0.1) is 5.39 Å². The summed E-state index contributed by atoms with van der Waals surface area (Å²) in [7, 11) is 0. The largest absolute Gasteiger partial charge is 0.307 e. The first kappa shape index (κ1) is 19.6. The lowest BCUT2D eigenvalue weighted by atomic mass is 9.97. The number of hydrogen-bond donors (Lipinski definition) is 0. The van der Waals surface area contributed by atoms with Crippen LogP contribution in [0.3, 0.4) is 0 Å². The summed E-state index contributed by atoms with van der Waals surface area (Å²) in [5.74, 6) is 0. The zero-order valence-corrected chi connectivity index (χ0v) is 16.4. The molecule has 3 aromatic rings. The molecular weight excluding hydrogens is 346 g/mol. The molecule has 0 amide bonds. The number of pyridine rings is 1. The van der Waals surface area contributed by atoms with Crippen LogP contribution in [0.4, 0.5) is 0 Å². The van der Waals surface area contributed by atoms with Crippen LogP contribution >= 0.6 is 0 Å². The molecule has 1 aromatic heterocycles. The lowest BCUT2D eigenvalue weighted by Gasteiger charge is -2.17. The van der Waals surface area contributed by atoms with Gasteiger partial charge in [0.25, 0.3) is 5.56 Å². The van der Waals surface area contributed by atoms with Crippen molar-refractivity contribution < 1.29 is 4.79 Å². The van der Waals surface area contributed by atoms with Gasteiger partial charge in [0.2, 0.25) is 0 Å². The lowest BCUT2D eigenvalue weighted by molar-refractivity contribution is -0.0979. The first-order valence-corrected chi connectivity index (χ1v) is 9.59. The molecule has 0 bridgehead atoms. The predicted octanol–water partition coefficient (Wildman–Crippen LogP) is 5.55. The summed E-state index contributed by atoms with van der Waals surface area (Å²) in [5.41, 5.74) is 5.43. The Hall–Kier alpha value is -3.20. The average molecular weight is 371 g/mol. The highest BCUT2D eigenvalue weighted by Gasteiger charge is 2.15. The van der Waals surface area contributed by atoms with E-state index in [1.807, 2.05) is 23.5 Å². The number of carbonyl (C=O) groups excluding carboxylic acids is 1. The smallest absolute Gasteiger partial charge is 0.263 e. The Morgan fingerprint density at radius 2 is 1.82 bits per heavy atom. The summed E-state index contributed by atoms with van der Waals surface area (Å²) in [5, 5.41) is 1.82. The molecule has 142 valence electrons. The number of aromatic nitrogens is 1. The molecule has 0 aliphatic heterocycles. The second-order valence-electron chi connectivity index (χ2n) is 6.88. The van der Waals surface area contributed by atoms with Crippen molar-refractivity contribution in [2.75, 3.05) is 0 Å². The van der Waals surface area contributed by atoms with E-state index >= 15 is 0 Å². The maximum atomic E-state index is 13.6. The van der Waals surface area contributed by atoms with Gasteiger partial charge in [-0.2, -0.15) is 0 Å². The molecule has 0 N–H and O–H groups in total. The summed E-state index contributed by atoms with van der Waals surface area (Å²) < 4.78 is 1.90. The van der Waals surface area contributed by atoms with Crippen LogP contribution in [0.2, 0.25) is 0 Å². The van der Waals surface area contributed by atoms with Crippen LogP contribution in [0, 0.1) is 6.92 Å². The van der Waals surface area contributed by atoms with Gasteiger partial charge in [-0.3, -0.25) is 9.36 Å². The highest BCUT2D eigenvalue weighted by molar-refractivity contribution is 5.96. The third kappa shape index (κ3) is 3.61. The maximum Gasteiger partial charge on any atom is 0.263 e. The fraction of sp³-hybridized carbons (Fsp3) is 0.200. The van der Waals surface area contributed by atoms with E-state index in [2.05, 4.69) is 68.5 Å². The topological polar surface area (TPSA) is 39.1 Å². The molecule has 3 nitrogen and oxygen atoms in total. The van der Waals surface area contributed by atoms with Crippen LogP contribution in [0.5, 0.6) is 0 Å². The third-order valence-electron chi connectivity index (χ3n) is 5.05. The van der Waals surface area contributed by atoms with Gasteiger partial charge in [0.1, 0.15) is 6.79 Å². The second kappa shape index (κ2) is 8.66. The van der Waals surface area contributed by atoms with Gasteiger partial charge in [-0.15, -0.1) is 0 Å². The van der Waals surface area contributed by atoms with Crippen molar-refractivity contribution in [2.24, 2.45) is 0 Å². The normalized spacial score (nSPS) is 13.0. The van der Waals surface area contributed by atoms with E-state index in [0.29, 0.717) is 0 Å². The van der Waals surface area contributed by atoms with Crippen LogP contribution in [0.1, 0.15) is 31.0 Å². The zero-order valence-electron chi connectivity index (χ0n) is 16.4. The van der Waals surface area contributed by atoms with E-state index in [4.69, 9.17) is 4.79 Å². The Morgan fingerprint density at radius 1 is 1.04 bits per heavy atom. The van der Waals surface area contributed by atoms with E-state index in [9.17, 15) is 4.79 Å². The Labute approximate surface area is 165 Å². The predicted molar refractivity (Wildman–Crippen MR) is 118 cm³/mol. The molecule has 1 aliphatic rings. The molecule has 2 aromatic carbocycles. The Morgan fingerprint density at radius 3 is 2.50 bits per heavy atom. The molecule has 0 unspecified atom stereocenters. The van der Waals surface area contributed by atoms with E-state index in [1.54, 1.807) is 0 Å². The van der Waals surface area contributed by atoms with Gasteiger partial charge in [0, 0.05) is 11.4 Å². The molecule has 1 aliphatic carbocycles. The van der Waals surface area contributed by atoms with Crippen molar-refractivity contribution in [2.45, 2.75) is 33.1 Å². The van der Waals surface area contributed by atoms with Gasteiger partial charge < -0.3 is 4.79 Å². The molecular formula is C25H25NO2. The SMILES string of the molecule is C=O.CCc1cc2cccc(-c3cccc(C)c3)c2c(=O)n1C1=CCCC=C1. The van der Waals surface area contributed by atoms with Gasteiger partial charge in [0.15, 0.2) is 0 Å². The van der Waals surface area contributed by atoms with Crippen LogP contribution in [0.25, 0.3) is 27.6 Å². The summed E-state index contributed by atoms with van der Waals surface area (Å²) >= 11 is 0. The minimum Gasteiger partial charge on any atom is -0.307 e. The van der Waals surface area contributed by atoms with Crippen LogP contribution in [-0.2, 0) is 11.2 Å². The molecule has 0 fully saturated rings. The average Bonchev–Trinajstić information content (AvgIpc) is 2.75. The third-order valence-corrected chi connectivity index (χ3v) is 5.05.